The molecule has 1 aromatic carbocycles. The summed E-state index contributed by atoms with van der Waals surface area (Å²) >= 11 is 0. The molecule has 0 radical (unpaired) electrons. The maximum Gasteiger partial charge on any atom is 0.269 e. The topological polar surface area (TPSA) is 85.3 Å². The number of likely N-dealkylation sites (tertiary alicyclic amines) is 1. The van der Waals surface area contributed by atoms with Crippen molar-refractivity contribution in [1.29, 1.82) is 0 Å². The number of nitro benzene ring substituents is 1. The molecule has 0 spiro atoms. The minimum absolute atomic E-state index is 0.0524. The number of non-ortho nitro benzene ring substituents is 1. The molecule has 1 aliphatic heterocycles. The molecule has 1 aliphatic rings. The fraction of sp³-hybridized carbons (Fsp3) is 0.500. The van der Waals surface area contributed by atoms with E-state index < -0.39 is 4.92 Å². The summed E-state index contributed by atoms with van der Waals surface area (Å²) in [6.45, 7) is 3.94. The van der Waals surface area contributed by atoms with Crippen molar-refractivity contribution in [2.24, 2.45) is 0 Å². The quantitative estimate of drug-likeness (QED) is 0.620. The number of nitro groups is 1. The molecule has 0 N–H and O–H groups in total. The van der Waals surface area contributed by atoms with Gasteiger partial charge in [0.05, 0.1) is 11.5 Å². The van der Waals surface area contributed by atoms with Crippen molar-refractivity contribution in [3.8, 4) is 11.4 Å². The summed E-state index contributed by atoms with van der Waals surface area (Å²) < 4.78 is 5.36. The van der Waals surface area contributed by atoms with Crippen molar-refractivity contribution in [1.82, 2.24) is 15.0 Å². The van der Waals surface area contributed by atoms with Gasteiger partial charge < -0.3 is 4.52 Å². The molecule has 1 saturated heterocycles. The molecule has 1 fully saturated rings. The van der Waals surface area contributed by atoms with Crippen molar-refractivity contribution < 1.29 is 9.45 Å². The number of hydrogen-bond donors (Lipinski definition) is 0. The summed E-state index contributed by atoms with van der Waals surface area (Å²) in [6, 6.07) is 6.76. The molecule has 2 heterocycles. The van der Waals surface area contributed by atoms with Crippen LogP contribution >= 0.6 is 0 Å². The molecule has 7 heteroatoms. The van der Waals surface area contributed by atoms with Crippen molar-refractivity contribution in [3.05, 3.63) is 40.3 Å². The summed E-state index contributed by atoms with van der Waals surface area (Å²) in [4.78, 5) is 17.1. The standard InChI is InChI=1S/C16H20N4O3/c1-2-13-5-3-4-10-19(13)11-15-17-16(18-23-15)12-6-8-14(9-7-12)20(21)22/h6-9,13H,2-5,10-11H2,1H3. The monoisotopic (exact) mass is 316 g/mol. The zero-order valence-electron chi connectivity index (χ0n) is 13.1. The Labute approximate surface area is 134 Å². The van der Waals surface area contributed by atoms with Crippen LogP contribution in [0.5, 0.6) is 0 Å². The molecule has 0 bridgehead atoms. The molecule has 122 valence electrons. The molecule has 23 heavy (non-hydrogen) atoms. The Hall–Kier alpha value is -2.28. The van der Waals surface area contributed by atoms with Gasteiger partial charge in [-0.1, -0.05) is 18.5 Å². The van der Waals surface area contributed by atoms with Crippen LogP contribution in [0.2, 0.25) is 0 Å². The molecule has 0 amide bonds. The van der Waals surface area contributed by atoms with E-state index in [9.17, 15) is 10.1 Å². The molecular formula is C16H20N4O3. The van der Waals surface area contributed by atoms with Gasteiger partial charge in [-0.05, 0) is 37.9 Å². The largest absolute Gasteiger partial charge is 0.338 e. The molecule has 2 aromatic rings. The fourth-order valence-corrected chi connectivity index (χ4v) is 3.07. The van der Waals surface area contributed by atoms with Gasteiger partial charge in [-0.25, -0.2) is 0 Å². The highest BCUT2D eigenvalue weighted by molar-refractivity contribution is 5.56. The van der Waals surface area contributed by atoms with Gasteiger partial charge in [0, 0.05) is 23.7 Å². The second-order valence-electron chi connectivity index (χ2n) is 5.84. The van der Waals surface area contributed by atoms with Crippen molar-refractivity contribution >= 4 is 5.69 Å². The lowest BCUT2D eigenvalue weighted by Gasteiger charge is -2.33. The number of piperidine rings is 1. The van der Waals surface area contributed by atoms with Crippen LogP contribution < -0.4 is 0 Å². The molecule has 1 unspecified atom stereocenters. The minimum Gasteiger partial charge on any atom is -0.338 e. The Balaban J connectivity index is 1.71. The van der Waals surface area contributed by atoms with Crippen LogP contribution in [-0.2, 0) is 6.54 Å². The van der Waals surface area contributed by atoms with Crippen LogP contribution in [-0.4, -0.2) is 32.6 Å². The number of rotatable bonds is 5. The van der Waals surface area contributed by atoms with E-state index in [0.717, 1.165) is 18.5 Å². The number of aromatic nitrogens is 2. The smallest absolute Gasteiger partial charge is 0.269 e. The molecule has 0 saturated carbocycles. The van der Waals surface area contributed by atoms with E-state index >= 15 is 0 Å². The van der Waals surface area contributed by atoms with Crippen molar-refractivity contribution in [3.63, 3.8) is 0 Å². The summed E-state index contributed by atoms with van der Waals surface area (Å²) in [5.74, 6) is 1.07. The number of hydrogen-bond acceptors (Lipinski definition) is 6. The Morgan fingerprint density at radius 2 is 2.13 bits per heavy atom. The van der Waals surface area contributed by atoms with Gasteiger partial charge in [-0.2, -0.15) is 4.98 Å². The van der Waals surface area contributed by atoms with E-state index in [2.05, 4.69) is 22.0 Å². The first-order valence-corrected chi connectivity index (χ1v) is 7.99. The third kappa shape index (κ3) is 3.56. The maximum atomic E-state index is 10.7. The lowest BCUT2D eigenvalue weighted by Crippen LogP contribution is -2.38. The first kappa shape index (κ1) is 15.6. The predicted octanol–water partition coefficient (Wildman–Crippen LogP) is 3.41. The zero-order chi connectivity index (χ0) is 16.2. The van der Waals surface area contributed by atoms with Gasteiger partial charge in [-0.15, -0.1) is 0 Å². The summed E-state index contributed by atoms with van der Waals surface area (Å²) in [5.41, 5.74) is 0.771. The van der Waals surface area contributed by atoms with E-state index in [1.807, 2.05) is 0 Å². The SMILES string of the molecule is CCC1CCCCN1Cc1nc(-c2ccc([N+](=O)[O-])cc2)no1. The van der Waals surface area contributed by atoms with Gasteiger partial charge >= 0.3 is 0 Å². The van der Waals surface area contributed by atoms with Crippen LogP contribution in [0.25, 0.3) is 11.4 Å². The Bertz CT molecular complexity index is 668. The third-order valence-electron chi connectivity index (χ3n) is 4.36. The molecule has 3 rings (SSSR count). The molecule has 7 nitrogen and oxygen atoms in total. The summed E-state index contributed by atoms with van der Waals surface area (Å²) in [7, 11) is 0. The predicted molar refractivity (Wildman–Crippen MR) is 84.7 cm³/mol. The van der Waals surface area contributed by atoms with Crippen LogP contribution in [0.15, 0.2) is 28.8 Å². The highest BCUT2D eigenvalue weighted by Gasteiger charge is 2.23. The number of nitrogens with zero attached hydrogens (tertiary/aromatic N) is 4. The number of benzene rings is 1. The van der Waals surface area contributed by atoms with Crippen molar-refractivity contribution in [2.75, 3.05) is 6.54 Å². The van der Waals surface area contributed by atoms with Crippen LogP contribution in [0.4, 0.5) is 5.69 Å². The Morgan fingerprint density at radius 3 is 2.83 bits per heavy atom. The lowest BCUT2D eigenvalue weighted by atomic mass is 10.0. The Kier molecular flexibility index (Phi) is 4.66. The van der Waals surface area contributed by atoms with Crippen LogP contribution in [0, 0.1) is 10.1 Å². The first-order chi connectivity index (χ1) is 11.2. The van der Waals surface area contributed by atoms with E-state index in [1.54, 1.807) is 12.1 Å². The zero-order valence-corrected chi connectivity index (χ0v) is 13.1. The van der Waals surface area contributed by atoms with Gasteiger partial charge in [0.1, 0.15) is 0 Å². The highest BCUT2D eigenvalue weighted by atomic mass is 16.6. The van der Waals surface area contributed by atoms with E-state index in [-0.39, 0.29) is 5.69 Å². The van der Waals surface area contributed by atoms with Crippen LogP contribution in [0.3, 0.4) is 0 Å². The second-order valence-corrected chi connectivity index (χ2v) is 5.84. The van der Waals surface area contributed by atoms with Crippen molar-refractivity contribution in [2.45, 2.75) is 45.2 Å². The Morgan fingerprint density at radius 1 is 1.35 bits per heavy atom. The highest BCUT2D eigenvalue weighted by Crippen LogP contribution is 2.23. The van der Waals surface area contributed by atoms with Gasteiger partial charge in [0.2, 0.25) is 11.7 Å². The van der Waals surface area contributed by atoms with Crippen LogP contribution in [0.1, 0.15) is 38.5 Å². The average molecular weight is 316 g/mol. The average Bonchev–Trinajstić information content (AvgIpc) is 3.04. The minimum atomic E-state index is -0.424. The van der Waals surface area contributed by atoms with E-state index in [0.29, 0.717) is 24.3 Å². The first-order valence-electron chi connectivity index (χ1n) is 7.99. The summed E-state index contributed by atoms with van der Waals surface area (Å²) in [6.07, 6.45) is 4.84. The van der Waals surface area contributed by atoms with E-state index in [4.69, 9.17) is 4.52 Å². The molecule has 0 aliphatic carbocycles. The normalized spacial score (nSPS) is 18.9. The fourth-order valence-electron chi connectivity index (χ4n) is 3.07. The summed E-state index contributed by atoms with van der Waals surface area (Å²) in [5, 5.41) is 14.7. The van der Waals surface area contributed by atoms with Gasteiger partial charge in [0.25, 0.3) is 5.69 Å². The maximum absolute atomic E-state index is 10.7. The second kappa shape index (κ2) is 6.87. The molecule has 1 atom stereocenters. The van der Waals surface area contributed by atoms with E-state index in [1.165, 1.54) is 31.4 Å². The lowest BCUT2D eigenvalue weighted by molar-refractivity contribution is -0.384. The third-order valence-corrected chi connectivity index (χ3v) is 4.36. The van der Waals surface area contributed by atoms with Gasteiger partial charge in [-0.3, -0.25) is 15.0 Å². The molecular weight excluding hydrogens is 296 g/mol. The molecule has 1 aromatic heterocycles. The van der Waals surface area contributed by atoms with Gasteiger partial charge in [0.15, 0.2) is 0 Å².